The summed E-state index contributed by atoms with van der Waals surface area (Å²) in [6.45, 7) is 11.7. The molecule has 1 aliphatic rings. The van der Waals surface area contributed by atoms with Crippen molar-refractivity contribution in [3.8, 4) is 5.88 Å². The predicted octanol–water partition coefficient (Wildman–Crippen LogP) is 2.57. The van der Waals surface area contributed by atoms with Gasteiger partial charge in [0.15, 0.2) is 5.96 Å². The highest BCUT2D eigenvalue weighted by Crippen LogP contribution is 2.13. The first-order valence-corrected chi connectivity index (χ1v) is 10.4. The van der Waals surface area contributed by atoms with E-state index in [0.717, 1.165) is 50.4 Å². The molecule has 0 aromatic carbocycles. The summed E-state index contributed by atoms with van der Waals surface area (Å²) in [6, 6.07) is 4.22. The van der Waals surface area contributed by atoms with Crippen molar-refractivity contribution < 1.29 is 9.53 Å². The van der Waals surface area contributed by atoms with Crippen LogP contribution in [-0.4, -0.2) is 54.0 Å². The number of nitrogens with zero attached hydrogens (tertiary/aromatic N) is 3. The van der Waals surface area contributed by atoms with Crippen molar-refractivity contribution in [2.75, 3.05) is 26.2 Å². The molecule has 7 nitrogen and oxygen atoms in total. The predicted molar refractivity (Wildman–Crippen MR) is 112 cm³/mol. The zero-order chi connectivity index (χ0) is 20.4. The van der Waals surface area contributed by atoms with E-state index in [1.165, 1.54) is 0 Å². The van der Waals surface area contributed by atoms with E-state index in [1.807, 2.05) is 37.1 Å². The van der Waals surface area contributed by atoms with Crippen LogP contribution in [0.2, 0.25) is 0 Å². The van der Waals surface area contributed by atoms with E-state index in [0.29, 0.717) is 25.1 Å². The lowest BCUT2D eigenvalue weighted by molar-refractivity contribution is -0.135. The molecule has 7 heteroatoms. The van der Waals surface area contributed by atoms with Crippen molar-refractivity contribution in [1.29, 1.82) is 0 Å². The van der Waals surface area contributed by atoms with E-state index >= 15 is 0 Å². The molecule has 1 fully saturated rings. The second-order valence-corrected chi connectivity index (χ2v) is 7.45. The number of ether oxygens (including phenoxy) is 1. The molecule has 0 aliphatic carbocycles. The molecule has 1 aromatic rings. The molecule has 0 spiro atoms. The third kappa shape index (κ3) is 7.02. The molecule has 0 saturated carbocycles. The Balaban J connectivity index is 1.86. The lowest BCUT2D eigenvalue weighted by Gasteiger charge is -2.34. The van der Waals surface area contributed by atoms with Crippen molar-refractivity contribution in [3.05, 3.63) is 23.9 Å². The van der Waals surface area contributed by atoms with Crippen LogP contribution in [0.25, 0.3) is 0 Å². The van der Waals surface area contributed by atoms with E-state index in [1.54, 1.807) is 0 Å². The first-order chi connectivity index (χ1) is 13.5. The topological polar surface area (TPSA) is 78.9 Å². The summed E-state index contributed by atoms with van der Waals surface area (Å²) in [5.41, 5.74) is 1.04. The minimum absolute atomic E-state index is 0.0655. The lowest BCUT2D eigenvalue weighted by atomic mass is 10.0. The van der Waals surface area contributed by atoms with Gasteiger partial charge in [0.25, 0.3) is 0 Å². The van der Waals surface area contributed by atoms with Crippen molar-refractivity contribution in [2.24, 2.45) is 10.9 Å². The number of nitrogens with one attached hydrogen (secondary N) is 2. The number of hydrogen-bond donors (Lipinski definition) is 2. The van der Waals surface area contributed by atoms with Crippen LogP contribution in [0.1, 0.15) is 52.5 Å². The maximum absolute atomic E-state index is 12.1. The summed E-state index contributed by atoms with van der Waals surface area (Å²) < 4.78 is 5.52. The van der Waals surface area contributed by atoms with Crippen molar-refractivity contribution >= 4 is 11.9 Å². The molecule has 0 bridgehead atoms. The Kier molecular flexibility index (Phi) is 9.04. The van der Waals surface area contributed by atoms with E-state index in [4.69, 9.17) is 4.74 Å². The summed E-state index contributed by atoms with van der Waals surface area (Å²) in [5, 5.41) is 6.82. The van der Waals surface area contributed by atoms with Crippen molar-refractivity contribution in [2.45, 2.75) is 59.5 Å². The molecule has 0 unspecified atom stereocenters. The van der Waals surface area contributed by atoms with E-state index in [-0.39, 0.29) is 11.8 Å². The number of aromatic nitrogens is 1. The quantitative estimate of drug-likeness (QED) is 0.528. The third-order valence-electron chi connectivity index (χ3n) is 4.66. The van der Waals surface area contributed by atoms with Gasteiger partial charge in [-0.25, -0.2) is 9.98 Å². The number of pyridine rings is 1. The van der Waals surface area contributed by atoms with E-state index in [2.05, 4.69) is 34.5 Å². The number of hydrogen-bond acceptors (Lipinski definition) is 4. The Morgan fingerprint density at radius 3 is 2.64 bits per heavy atom. The van der Waals surface area contributed by atoms with Gasteiger partial charge in [0.2, 0.25) is 11.8 Å². The first-order valence-electron chi connectivity index (χ1n) is 10.4. The SMILES string of the molecule is CCCOc1ccc(CN=C(NCC)NC2CCN(C(=O)C(C)C)CC2)cn1. The molecule has 2 rings (SSSR count). The van der Waals surface area contributed by atoms with Crippen molar-refractivity contribution in [1.82, 2.24) is 20.5 Å². The summed E-state index contributed by atoms with van der Waals surface area (Å²) in [6.07, 6.45) is 4.66. The lowest BCUT2D eigenvalue weighted by Crippen LogP contribution is -2.50. The van der Waals surface area contributed by atoms with Gasteiger partial charge < -0.3 is 20.3 Å². The molecule has 1 saturated heterocycles. The van der Waals surface area contributed by atoms with Gasteiger partial charge in [-0.05, 0) is 31.7 Å². The Hall–Kier alpha value is -2.31. The molecule has 156 valence electrons. The van der Waals surface area contributed by atoms with Crippen LogP contribution >= 0.6 is 0 Å². The molecular weight excluding hydrogens is 354 g/mol. The fourth-order valence-electron chi connectivity index (χ4n) is 3.09. The molecule has 0 radical (unpaired) electrons. The van der Waals surface area contributed by atoms with Crippen LogP contribution in [0, 0.1) is 5.92 Å². The number of likely N-dealkylation sites (tertiary alicyclic amines) is 1. The second-order valence-electron chi connectivity index (χ2n) is 7.45. The Morgan fingerprint density at radius 2 is 2.07 bits per heavy atom. The van der Waals surface area contributed by atoms with E-state index < -0.39 is 0 Å². The van der Waals surface area contributed by atoms with Gasteiger partial charge in [-0.15, -0.1) is 0 Å². The molecular formula is C21H35N5O2. The Morgan fingerprint density at radius 1 is 1.32 bits per heavy atom. The number of aliphatic imine (C=N–C) groups is 1. The number of rotatable bonds is 8. The normalized spacial score (nSPS) is 15.6. The fourth-order valence-corrected chi connectivity index (χ4v) is 3.09. The first kappa shape index (κ1) is 22.0. The van der Waals surface area contributed by atoms with Crippen LogP contribution in [-0.2, 0) is 11.3 Å². The second kappa shape index (κ2) is 11.5. The maximum atomic E-state index is 12.1. The average molecular weight is 390 g/mol. The van der Waals surface area contributed by atoms with E-state index in [9.17, 15) is 4.79 Å². The average Bonchev–Trinajstić information content (AvgIpc) is 2.71. The molecule has 0 atom stereocenters. The highest BCUT2D eigenvalue weighted by Gasteiger charge is 2.24. The van der Waals surface area contributed by atoms with Gasteiger partial charge in [-0.3, -0.25) is 4.79 Å². The van der Waals surface area contributed by atoms with Crippen LogP contribution in [0.4, 0.5) is 0 Å². The summed E-state index contributed by atoms with van der Waals surface area (Å²) in [4.78, 5) is 23.1. The number of guanidine groups is 1. The van der Waals surface area contributed by atoms with Gasteiger partial charge in [-0.2, -0.15) is 0 Å². The molecule has 2 heterocycles. The van der Waals surface area contributed by atoms with Crippen LogP contribution in [0.3, 0.4) is 0 Å². The summed E-state index contributed by atoms with van der Waals surface area (Å²) >= 11 is 0. The fraction of sp³-hybridized carbons (Fsp3) is 0.667. The highest BCUT2D eigenvalue weighted by molar-refractivity contribution is 5.80. The molecule has 1 aromatic heterocycles. The summed E-state index contributed by atoms with van der Waals surface area (Å²) in [5.74, 6) is 1.78. The van der Waals surface area contributed by atoms with Crippen molar-refractivity contribution in [3.63, 3.8) is 0 Å². The molecule has 1 aliphatic heterocycles. The summed E-state index contributed by atoms with van der Waals surface area (Å²) in [7, 11) is 0. The Bertz CT molecular complexity index is 622. The number of piperidine rings is 1. The van der Waals surface area contributed by atoms with Gasteiger partial charge in [0.05, 0.1) is 13.2 Å². The Labute approximate surface area is 169 Å². The minimum Gasteiger partial charge on any atom is -0.478 e. The zero-order valence-electron chi connectivity index (χ0n) is 17.7. The number of carbonyl (C=O) groups excluding carboxylic acids is 1. The van der Waals surface area contributed by atoms with Crippen LogP contribution in [0.5, 0.6) is 5.88 Å². The van der Waals surface area contributed by atoms with Crippen LogP contribution < -0.4 is 15.4 Å². The third-order valence-corrected chi connectivity index (χ3v) is 4.66. The number of carbonyl (C=O) groups is 1. The smallest absolute Gasteiger partial charge is 0.225 e. The van der Waals surface area contributed by atoms with Gasteiger partial charge in [-0.1, -0.05) is 26.8 Å². The molecule has 28 heavy (non-hydrogen) atoms. The minimum atomic E-state index is 0.0655. The standard InChI is InChI=1S/C21H35N5O2/c1-5-13-28-19-8-7-17(14-23-19)15-24-21(22-6-2)25-18-9-11-26(12-10-18)20(27)16(3)4/h7-8,14,16,18H,5-6,9-13,15H2,1-4H3,(H2,22,24,25). The maximum Gasteiger partial charge on any atom is 0.225 e. The number of amides is 1. The highest BCUT2D eigenvalue weighted by atomic mass is 16.5. The molecule has 2 N–H and O–H groups in total. The van der Waals surface area contributed by atoms with Gasteiger partial charge in [0.1, 0.15) is 0 Å². The van der Waals surface area contributed by atoms with Gasteiger partial charge >= 0.3 is 0 Å². The van der Waals surface area contributed by atoms with Crippen LogP contribution in [0.15, 0.2) is 23.3 Å². The van der Waals surface area contributed by atoms with Gasteiger partial charge in [0, 0.05) is 43.9 Å². The molecule has 1 amide bonds. The largest absolute Gasteiger partial charge is 0.478 e. The zero-order valence-corrected chi connectivity index (χ0v) is 17.7. The monoisotopic (exact) mass is 389 g/mol.